The number of amides is 2. The number of nitriles is 1. The quantitative estimate of drug-likeness (QED) is 0.413. The molecular formula is C37H43ClFN5O5S. The van der Waals surface area contributed by atoms with Crippen LogP contribution in [0.15, 0.2) is 42.2 Å². The number of halogens is 2. The van der Waals surface area contributed by atoms with Crippen LogP contribution in [0, 0.1) is 23.2 Å². The molecule has 5 atom stereocenters. The summed E-state index contributed by atoms with van der Waals surface area (Å²) >= 11 is 6.89. The van der Waals surface area contributed by atoms with E-state index in [9.17, 15) is 23.3 Å². The zero-order valence-corrected chi connectivity index (χ0v) is 30.0. The lowest BCUT2D eigenvalue weighted by molar-refractivity contribution is -0.137. The molecule has 0 unspecified atom stereocenters. The van der Waals surface area contributed by atoms with Gasteiger partial charge in [0.05, 0.1) is 28.5 Å². The Morgan fingerprint density at radius 2 is 1.96 bits per heavy atom. The van der Waals surface area contributed by atoms with E-state index in [4.69, 9.17) is 16.3 Å². The number of ether oxygens (including phenoxy) is 1. The summed E-state index contributed by atoms with van der Waals surface area (Å²) < 4.78 is 52.8. The largest absolute Gasteiger partial charge is 0.487 e. The van der Waals surface area contributed by atoms with Crippen LogP contribution < -0.4 is 14.4 Å². The Morgan fingerprint density at radius 3 is 2.74 bits per heavy atom. The van der Waals surface area contributed by atoms with E-state index in [1.54, 1.807) is 30.0 Å². The number of aryl methyl sites for hydroxylation is 1. The maximum absolute atomic E-state index is 17.1. The number of nitrogens with zero attached hydrogens (tertiary/aromatic N) is 4. The van der Waals surface area contributed by atoms with Crippen molar-refractivity contribution in [3.05, 3.63) is 69.5 Å². The first-order valence-electron chi connectivity index (χ1n) is 17.6. The van der Waals surface area contributed by atoms with Gasteiger partial charge in [0.15, 0.2) is 0 Å². The van der Waals surface area contributed by atoms with Gasteiger partial charge in [0.1, 0.15) is 24.2 Å². The maximum Gasteiger partial charge on any atom is 0.264 e. The Hall–Kier alpha value is -3.66. The molecule has 5 aliphatic rings. The number of nitrogens with one attached hydrogen (secondary N) is 1. The molecule has 0 radical (unpaired) electrons. The van der Waals surface area contributed by atoms with Crippen LogP contribution in [-0.2, 0) is 33.4 Å². The second-order valence-corrected chi connectivity index (χ2v) is 17.0. The van der Waals surface area contributed by atoms with Gasteiger partial charge in [0.25, 0.3) is 5.91 Å². The molecule has 5 heterocycles. The van der Waals surface area contributed by atoms with Gasteiger partial charge in [-0.1, -0.05) is 24.6 Å². The Labute approximate surface area is 298 Å². The molecule has 2 fully saturated rings. The molecule has 1 N–H and O–H groups in total. The zero-order chi connectivity index (χ0) is 35.4. The molecule has 7 rings (SSSR count). The maximum atomic E-state index is 17.1. The highest BCUT2D eigenvalue weighted by Gasteiger charge is 2.53. The smallest absolute Gasteiger partial charge is 0.264 e. The Morgan fingerprint density at radius 1 is 1.14 bits per heavy atom. The van der Waals surface area contributed by atoms with Crippen molar-refractivity contribution in [3.63, 3.8) is 0 Å². The first-order valence-corrected chi connectivity index (χ1v) is 19.5. The summed E-state index contributed by atoms with van der Waals surface area (Å²) in [6.45, 7) is 5.34. The summed E-state index contributed by atoms with van der Waals surface area (Å²) in [5, 5.41) is 9.18. The molecule has 2 aromatic carbocycles. The summed E-state index contributed by atoms with van der Waals surface area (Å²) in [6.07, 6.45) is 5.64. The average molecular weight is 724 g/mol. The summed E-state index contributed by atoms with van der Waals surface area (Å²) in [4.78, 5) is 34.0. The molecule has 0 aromatic heterocycles. The number of carbonyl (C=O) groups is 2. The molecule has 0 saturated carbocycles. The normalized spacial score (nSPS) is 30.8. The van der Waals surface area contributed by atoms with Gasteiger partial charge < -0.3 is 14.5 Å². The van der Waals surface area contributed by atoms with Crippen molar-refractivity contribution < 1.29 is 27.1 Å². The minimum atomic E-state index is -4.15. The van der Waals surface area contributed by atoms with Gasteiger partial charge in [-0.05, 0) is 105 Å². The molecule has 2 amide bonds. The second-order valence-electron chi connectivity index (χ2n) is 14.6. The van der Waals surface area contributed by atoms with Crippen molar-refractivity contribution in [2.45, 2.75) is 82.2 Å². The van der Waals surface area contributed by atoms with Gasteiger partial charge in [-0.3, -0.25) is 14.5 Å². The van der Waals surface area contributed by atoms with Gasteiger partial charge in [-0.15, -0.1) is 0 Å². The highest BCUT2D eigenvalue weighted by atomic mass is 35.5. The Bertz CT molecular complexity index is 1900. The van der Waals surface area contributed by atoms with E-state index in [1.807, 2.05) is 17.0 Å². The minimum Gasteiger partial charge on any atom is -0.487 e. The SMILES string of the molecule is C[C@@H]1[C@@H](C)C/C=C(\F)[C@H](C(=O)N2CC[C@@H](C#N)C2)N2CCC[C@@]23CN2CCCCc4cc(Cl)cc3c4COc3ccc(cc32)C(=O)NS1(=O)=O. The molecule has 1 spiro atoms. The number of sulfonamides is 1. The van der Waals surface area contributed by atoms with Crippen LogP contribution in [0.5, 0.6) is 5.75 Å². The Balaban J connectivity index is 1.48. The third-order valence-electron chi connectivity index (χ3n) is 11.6. The van der Waals surface area contributed by atoms with Crippen LogP contribution in [0.4, 0.5) is 10.1 Å². The van der Waals surface area contributed by atoms with E-state index in [-0.39, 0.29) is 31.1 Å². The fourth-order valence-electron chi connectivity index (χ4n) is 8.55. The van der Waals surface area contributed by atoms with Crippen molar-refractivity contribution in [2.75, 3.05) is 37.6 Å². The third kappa shape index (κ3) is 6.15. The summed E-state index contributed by atoms with van der Waals surface area (Å²) in [7, 11) is -4.15. The van der Waals surface area contributed by atoms with E-state index in [1.165, 1.54) is 13.0 Å². The number of hydrogen-bond donors (Lipinski definition) is 1. The van der Waals surface area contributed by atoms with Crippen LogP contribution >= 0.6 is 11.6 Å². The molecule has 0 aliphatic carbocycles. The van der Waals surface area contributed by atoms with Crippen molar-refractivity contribution in [2.24, 2.45) is 11.8 Å². The van der Waals surface area contributed by atoms with Crippen molar-refractivity contribution >= 4 is 39.1 Å². The number of hydrogen-bond acceptors (Lipinski definition) is 8. The standard InChI is InChI=1S/C37H43ClFN5O5S/c1-23-7-9-31(39)34(36(46)42-15-11-25(19-40)20-42)44-14-5-12-37(44)22-43-13-4-3-6-26-16-28(38)18-30(37)29(26)21-49-33-10-8-27(17-32(33)43)35(45)41-50(47,48)24(23)2/h8-10,16-18,23-25,34H,3-7,11-15,20-22H2,1-2H3,(H,41,45)/b31-9-/t23-,24+,25-,34+,37-/m0/s1. The molecule has 2 saturated heterocycles. The second kappa shape index (κ2) is 13.5. The molecule has 13 heteroatoms. The van der Waals surface area contributed by atoms with E-state index in [0.717, 1.165) is 36.0 Å². The van der Waals surface area contributed by atoms with Crippen LogP contribution in [0.1, 0.15) is 79.4 Å². The molecule has 50 heavy (non-hydrogen) atoms. The number of fused-ring (bicyclic) bond motifs is 1. The van der Waals surface area contributed by atoms with Gasteiger partial charge in [-0.25, -0.2) is 17.5 Å². The Kier molecular flexibility index (Phi) is 9.37. The first-order chi connectivity index (χ1) is 23.9. The molecule has 2 aromatic rings. The topological polar surface area (TPSA) is 123 Å². The number of allylic oxidation sites excluding steroid dienone is 1. The van der Waals surface area contributed by atoms with Gasteiger partial charge in [0.2, 0.25) is 15.9 Å². The molecule has 5 aliphatic heterocycles. The lowest BCUT2D eigenvalue weighted by Gasteiger charge is -2.47. The number of rotatable bonds is 1. The highest BCUT2D eigenvalue weighted by molar-refractivity contribution is 7.90. The lowest BCUT2D eigenvalue weighted by atomic mass is 9.79. The average Bonchev–Trinajstić information content (AvgIpc) is 3.75. The number of anilines is 1. The third-order valence-corrected chi connectivity index (χ3v) is 13.7. The predicted octanol–water partition coefficient (Wildman–Crippen LogP) is 5.45. The van der Waals surface area contributed by atoms with E-state index >= 15 is 4.39 Å². The zero-order valence-electron chi connectivity index (χ0n) is 28.5. The summed E-state index contributed by atoms with van der Waals surface area (Å²) in [5.41, 5.74) is 2.86. The fraction of sp³-hybridized carbons (Fsp3) is 0.541. The van der Waals surface area contributed by atoms with Crippen LogP contribution in [0.25, 0.3) is 0 Å². The minimum absolute atomic E-state index is 0.0267. The number of likely N-dealkylation sites (tertiary alicyclic amines) is 1. The van der Waals surface area contributed by atoms with Crippen LogP contribution in [0.2, 0.25) is 5.02 Å². The van der Waals surface area contributed by atoms with Crippen molar-refractivity contribution in [1.82, 2.24) is 14.5 Å². The van der Waals surface area contributed by atoms with Crippen molar-refractivity contribution in [1.29, 1.82) is 5.26 Å². The van der Waals surface area contributed by atoms with Gasteiger partial charge in [0, 0.05) is 43.3 Å². The fourth-order valence-corrected chi connectivity index (χ4v) is 10.1. The molecule has 266 valence electrons. The summed E-state index contributed by atoms with van der Waals surface area (Å²) in [5.74, 6) is -2.16. The number of carbonyl (C=O) groups excluding carboxylic acids is 2. The summed E-state index contributed by atoms with van der Waals surface area (Å²) in [6, 6.07) is 9.88. The highest BCUT2D eigenvalue weighted by Crippen LogP contribution is 2.49. The molecular weight excluding hydrogens is 681 g/mol. The van der Waals surface area contributed by atoms with Gasteiger partial charge in [-0.2, -0.15) is 5.26 Å². The van der Waals surface area contributed by atoms with E-state index in [0.29, 0.717) is 61.9 Å². The predicted molar refractivity (Wildman–Crippen MR) is 188 cm³/mol. The van der Waals surface area contributed by atoms with Gasteiger partial charge >= 0.3 is 0 Å². The molecule has 7 bridgehead atoms. The van der Waals surface area contributed by atoms with Crippen LogP contribution in [-0.4, -0.2) is 74.0 Å². The van der Waals surface area contributed by atoms with E-state index < -0.39 is 50.4 Å². The lowest BCUT2D eigenvalue weighted by Crippen LogP contribution is -2.58. The molecule has 10 nitrogen and oxygen atoms in total. The monoisotopic (exact) mass is 723 g/mol. The van der Waals surface area contributed by atoms with Crippen LogP contribution in [0.3, 0.4) is 0 Å². The van der Waals surface area contributed by atoms with Crippen molar-refractivity contribution in [3.8, 4) is 11.8 Å². The number of benzene rings is 2. The van der Waals surface area contributed by atoms with E-state index in [2.05, 4.69) is 15.7 Å². The first kappa shape index (κ1) is 34.8.